The summed E-state index contributed by atoms with van der Waals surface area (Å²) in [5.41, 5.74) is 2.62. The molecule has 148 valence electrons. The number of benzene rings is 2. The van der Waals surface area contributed by atoms with Crippen LogP contribution < -0.4 is 0 Å². The first-order valence-electron chi connectivity index (χ1n) is 10.1. The molecule has 4 nitrogen and oxygen atoms in total. The van der Waals surface area contributed by atoms with Crippen molar-refractivity contribution in [3.8, 4) is 0 Å². The van der Waals surface area contributed by atoms with E-state index in [0.29, 0.717) is 12.2 Å². The molecule has 0 bridgehead atoms. The van der Waals surface area contributed by atoms with Gasteiger partial charge in [-0.2, -0.15) is 0 Å². The molecule has 0 spiro atoms. The molecule has 0 aliphatic carbocycles. The van der Waals surface area contributed by atoms with Crippen molar-refractivity contribution in [1.29, 1.82) is 0 Å². The third-order valence-corrected chi connectivity index (χ3v) is 5.84. The zero-order valence-electron chi connectivity index (χ0n) is 16.7. The minimum Gasteiger partial charge on any atom is -0.464 e. The van der Waals surface area contributed by atoms with Crippen molar-refractivity contribution in [1.82, 2.24) is 4.90 Å². The Kier molecular flexibility index (Phi) is 5.34. The van der Waals surface area contributed by atoms with Crippen LogP contribution in [0.1, 0.15) is 35.7 Å². The van der Waals surface area contributed by atoms with Gasteiger partial charge in [-0.3, -0.25) is 4.79 Å². The number of allylic oxidation sites excluding steroid dienone is 3. The highest BCUT2D eigenvalue weighted by atomic mass is 16.5. The highest BCUT2D eigenvalue weighted by Gasteiger charge is 2.55. The first-order chi connectivity index (χ1) is 14.1. The molecule has 0 saturated carbocycles. The van der Waals surface area contributed by atoms with E-state index in [4.69, 9.17) is 4.74 Å². The number of hydrogen-bond donors (Lipinski definition) is 0. The van der Waals surface area contributed by atoms with Gasteiger partial charge in [0.15, 0.2) is 5.78 Å². The first kappa shape index (κ1) is 19.2. The van der Waals surface area contributed by atoms with Gasteiger partial charge in [0, 0.05) is 17.2 Å². The maximum Gasteiger partial charge on any atom is 0.329 e. The summed E-state index contributed by atoms with van der Waals surface area (Å²) in [6.45, 7) is 4.11. The molecule has 29 heavy (non-hydrogen) atoms. The molecule has 2 heterocycles. The second-order valence-electron chi connectivity index (χ2n) is 7.48. The molecule has 0 amide bonds. The van der Waals surface area contributed by atoms with Crippen molar-refractivity contribution in [2.24, 2.45) is 5.92 Å². The van der Waals surface area contributed by atoms with Gasteiger partial charge in [-0.1, -0.05) is 72.8 Å². The SMILES string of the molecule is CCOC(=O)C1C(c2ccccc2)C(C(=O)c2ccccc2)C2C=CC=C(C)N21. The van der Waals surface area contributed by atoms with Crippen molar-refractivity contribution in [2.45, 2.75) is 31.8 Å². The summed E-state index contributed by atoms with van der Waals surface area (Å²) in [6, 6.07) is 18.5. The molecule has 2 aliphatic rings. The van der Waals surface area contributed by atoms with E-state index >= 15 is 0 Å². The molecule has 2 aliphatic heterocycles. The lowest BCUT2D eigenvalue weighted by molar-refractivity contribution is -0.148. The average molecular weight is 387 g/mol. The number of rotatable bonds is 5. The van der Waals surface area contributed by atoms with Gasteiger partial charge in [-0.15, -0.1) is 0 Å². The quantitative estimate of drug-likeness (QED) is 0.565. The Morgan fingerprint density at radius 2 is 1.66 bits per heavy atom. The van der Waals surface area contributed by atoms with Crippen molar-refractivity contribution in [2.75, 3.05) is 6.61 Å². The fraction of sp³-hybridized carbons (Fsp3) is 0.280. The van der Waals surface area contributed by atoms with Gasteiger partial charge in [0.25, 0.3) is 0 Å². The second-order valence-corrected chi connectivity index (χ2v) is 7.48. The van der Waals surface area contributed by atoms with E-state index in [-0.39, 0.29) is 29.6 Å². The van der Waals surface area contributed by atoms with Gasteiger partial charge >= 0.3 is 5.97 Å². The van der Waals surface area contributed by atoms with Crippen molar-refractivity contribution < 1.29 is 14.3 Å². The van der Waals surface area contributed by atoms with Crippen LogP contribution in [-0.2, 0) is 9.53 Å². The molecule has 1 fully saturated rings. The van der Waals surface area contributed by atoms with Gasteiger partial charge in [-0.05, 0) is 25.5 Å². The molecule has 0 N–H and O–H groups in total. The number of ketones is 1. The van der Waals surface area contributed by atoms with E-state index in [1.807, 2.05) is 92.7 Å². The Morgan fingerprint density at radius 3 is 2.31 bits per heavy atom. The molecule has 2 aromatic rings. The van der Waals surface area contributed by atoms with Crippen LogP contribution in [0, 0.1) is 5.92 Å². The number of esters is 1. The van der Waals surface area contributed by atoms with E-state index in [1.54, 1.807) is 0 Å². The molecule has 4 unspecified atom stereocenters. The molecule has 4 atom stereocenters. The Labute approximate surface area is 171 Å². The van der Waals surface area contributed by atoms with Crippen LogP contribution in [0.25, 0.3) is 0 Å². The summed E-state index contributed by atoms with van der Waals surface area (Å²) in [7, 11) is 0. The van der Waals surface area contributed by atoms with Crippen LogP contribution in [-0.4, -0.2) is 35.3 Å². The highest BCUT2D eigenvalue weighted by Crippen LogP contribution is 2.47. The van der Waals surface area contributed by atoms with Crippen molar-refractivity contribution >= 4 is 11.8 Å². The molecule has 1 saturated heterocycles. The smallest absolute Gasteiger partial charge is 0.329 e. The average Bonchev–Trinajstić information content (AvgIpc) is 3.11. The minimum absolute atomic E-state index is 0.0561. The van der Waals surface area contributed by atoms with Gasteiger partial charge in [0.05, 0.1) is 18.6 Å². The molecule has 4 heteroatoms. The standard InChI is InChI=1S/C25H25NO3/c1-3-29-25(28)23-21(18-12-6-4-7-13-18)22(20-16-10-11-17(2)26(20)23)24(27)19-14-8-5-9-15-19/h4-16,20-23H,3H2,1-2H3. The predicted molar refractivity (Wildman–Crippen MR) is 112 cm³/mol. The van der Waals surface area contributed by atoms with Gasteiger partial charge in [0.1, 0.15) is 6.04 Å². The number of fused-ring (bicyclic) bond motifs is 1. The number of hydrogen-bond acceptors (Lipinski definition) is 4. The largest absolute Gasteiger partial charge is 0.464 e. The zero-order chi connectivity index (χ0) is 20.4. The fourth-order valence-electron chi connectivity index (χ4n) is 4.67. The monoisotopic (exact) mass is 387 g/mol. The molecule has 0 aromatic heterocycles. The third kappa shape index (κ3) is 3.39. The van der Waals surface area contributed by atoms with Crippen LogP contribution in [0.3, 0.4) is 0 Å². The number of Topliss-reactive ketones (excluding diaryl/α,β-unsaturated/α-hetero) is 1. The summed E-state index contributed by atoms with van der Waals surface area (Å²) in [5, 5.41) is 0. The van der Waals surface area contributed by atoms with Crippen molar-refractivity contribution in [3.63, 3.8) is 0 Å². The van der Waals surface area contributed by atoms with Gasteiger partial charge in [0.2, 0.25) is 0 Å². The maximum absolute atomic E-state index is 13.7. The Bertz CT molecular complexity index is 949. The third-order valence-electron chi connectivity index (χ3n) is 5.84. The van der Waals surface area contributed by atoms with E-state index < -0.39 is 6.04 Å². The van der Waals surface area contributed by atoms with Crippen molar-refractivity contribution in [3.05, 3.63) is 95.7 Å². The van der Waals surface area contributed by atoms with Crippen LogP contribution in [0.2, 0.25) is 0 Å². The van der Waals surface area contributed by atoms with Gasteiger partial charge in [-0.25, -0.2) is 4.79 Å². The Balaban J connectivity index is 1.86. The zero-order valence-corrected chi connectivity index (χ0v) is 16.7. The normalized spacial score (nSPS) is 25.3. The van der Waals surface area contributed by atoms with E-state index in [0.717, 1.165) is 11.3 Å². The lowest BCUT2D eigenvalue weighted by Gasteiger charge is -2.33. The van der Waals surface area contributed by atoms with Gasteiger partial charge < -0.3 is 9.64 Å². The first-order valence-corrected chi connectivity index (χ1v) is 10.1. The summed E-state index contributed by atoms with van der Waals surface area (Å²) in [6.07, 6.45) is 6.01. The Hall–Kier alpha value is -3.14. The molecule has 4 rings (SSSR count). The predicted octanol–water partition coefficient (Wildman–Crippen LogP) is 4.36. The summed E-state index contributed by atoms with van der Waals surface area (Å²) >= 11 is 0. The van der Waals surface area contributed by atoms with Crippen LogP contribution in [0.15, 0.2) is 84.6 Å². The maximum atomic E-state index is 13.7. The summed E-state index contributed by atoms with van der Waals surface area (Å²) in [4.78, 5) is 28.9. The van der Waals surface area contributed by atoms with Crippen LogP contribution in [0.5, 0.6) is 0 Å². The molecular weight excluding hydrogens is 362 g/mol. The fourth-order valence-corrected chi connectivity index (χ4v) is 4.67. The number of nitrogens with zero attached hydrogens (tertiary/aromatic N) is 1. The minimum atomic E-state index is -0.541. The number of carbonyl (C=O) groups excluding carboxylic acids is 2. The number of ether oxygens (including phenoxy) is 1. The molecule has 0 radical (unpaired) electrons. The summed E-state index contributed by atoms with van der Waals surface area (Å²) < 4.78 is 5.47. The lowest BCUT2D eigenvalue weighted by atomic mass is 9.77. The van der Waals surface area contributed by atoms with Crippen LogP contribution in [0.4, 0.5) is 0 Å². The van der Waals surface area contributed by atoms with E-state index in [1.165, 1.54) is 0 Å². The topological polar surface area (TPSA) is 46.6 Å². The summed E-state index contributed by atoms with van der Waals surface area (Å²) in [5.74, 6) is -0.897. The molecular formula is C25H25NO3. The van der Waals surface area contributed by atoms with E-state index in [2.05, 4.69) is 4.90 Å². The van der Waals surface area contributed by atoms with E-state index in [9.17, 15) is 9.59 Å². The highest BCUT2D eigenvalue weighted by molar-refractivity contribution is 6.00. The second kappa shape index (κ2) is 8.08. The Morgan fingerprint density at radius 1 is 1.00 bits per heavy atom. The molecule has 2 aromatic carbocycles. The lowest BCUT2D eigenvalue weighted by Crippen LogP contribution is -2.42. The van der Waals surface area contributed by atoms with Crippen LogP contribution >= 0.6 is 0 Å². The number of carbonyl (C=O) groups is 2.